The largest absolute Gasteiger partial charge is 0.480 e. The van der Waals surface area contributed by atoms with Crippen molar-refractivity contribution in [3.63, 3.8) is 0 Å². The number of carboxylic acid groups (broad SMARTS) is 1. The van der Waals surface area contributed by atoms with E-state index in [0.717, 1.165) is 13.0 Å². The predicted molar refractivity (Wildman–Crippen MR) is 72.7 cm³/mol. The van der Waals surface area contributed by atoms with Gasteiger partial charge < -0.3 is 15.7 Å². The number of rotatable bonds is 5. The number of carboxylic acids is 1. The van der Waals surface area contributed by atoms with Crippen molar-refractivity contribution in [1.29, 1.82) is 0 Å². The van der Waals surface area contributed by atoms with Crippen molar-refractivity contribution < 1.29 is 14.7 Å². The Morgan fingerprint density at radius 3 is 2.47 bits per heavy atom. The molecular formula is C13H25N3O3. The molecule has 6 heteroatoms. The van der Waals surface area contributed by atoms with Gasteiger partial charge in [0.05, 0.1) is 12.6 Å². The molecule has 1 heterocycles. The number of nitrogens with zero attached hydrogens (tertiary/aromatic N) is 2. The highest BCUT2D eigenvalue weighted by atomic mass is 16.4. The lowest BCUT2D eigenvalue weighted by Gasteiger charge is -2.25. The number of nitrogens with two attached hydrogens (primary N) is 1. The second kappa shape index (κ2) is 7.45. The Morgan fingerprint density at radius 2 is 1.89 bits per heavy atom. The molecule has 1 aliphatic rings. The third-order valence-corrected chi connectivity index (χ3v) is 3.30. The summed E-state index contributed by atoms with van der Waals surface area (Å²) in [6.07, 6.45) is 1.49. The lowest BCUT2D eigenvalue weighted by molar-refractivity contribution is -0.138. The lowest BCUT2D eigenvalue weighted by atomic mass is 10.0. The van der Waals surface area contributed by atoms with Crippen LogP contribution in [0.4, 0.5) is 0 Å². The third kappa shape index (κ3) is 5.57. The number of hydrogen-bond acceptors (Lipinski definition) is 4. The van der Waals surface area contributed by atoms with Gasteiger partial charge in [0.25, 0.3) is 0 Å². The molecule has 0 aromatic carbocycles. The Bertz CT molecular complexity index is 320. The van der Waals surface area contributed by atoms with Crippen molar-refractivity contribution in [2.45, 2.75) is 32.7 Å². The Hall–Kier alpha value is -1.14. The SMILES string of the molecule is CC(C)C[C@@H](N)C(=O)N1CCCN(CC(=O)O)CC1. The molecule has 0 unspecified atom stereocenters. The summed E-state index contributed by atoms with van der Waals surface area (Å²) in [5.41, 5.74) is 5.92. The van der Waals surface area contributed by atoms with Gasteiger partial charge >= 0.3 is 5.97 Å². The molecule has 1 rings (SSSR count). The van der Waals surface area contributed by atoms with Gasteiger partial charge in [-0.3, -0.25) is 14.5 Å². The molecule has 1 amide bonds. The van der Waals surface area contributed by atoms with Crippen LogP contribution in [-0.2, 0) is 9.59 Å². The minimum atomic E-state index is -0.823. The molecule has 0 spiro atoms. The van der Waals surface area contributed by atoms with Gasteiger partial charge in [-0.05, 0) is 18.8 Å². The fourth-order valence-corrected chi connectivity index (χ4v) is 2.38. The molecule has 0 bridgehead atoms. The Labute approximate surface area is 114 Å². The summed E-state index contributed by atoms with van der Waals surface area (Å²) in [5, 5.41) is 8.78. The zero-order valence-electron chi connectivity index (χ0n) is 11.8. The summed E-state index contributed by atoms with van der Waals surface area (Å²) in [6, 6.07) is -0.439. The van der Waals surface area contributed by atoms with Crippen molar-refractivity contribution in [3.05, 3.63) is 0 Å². The molecule has 6 nitrogen and oxygen atoms in total. The highest BCUT2D eigenvalue weighted by molar-refractivity contribution is 5.81. The number of hydrogen-bond donors (Lipinski definition) is 2. The zero-order chi connectivity index (χ0) is 14.4. The Kier molecular flexibility index (Phi) is 6.24. The maximum Gasteiger partial charge on any atom is 0.317 e. The highest BCUT2D eigenvalue weighted by Gasteiger charge is 2.24. The molecule has 0 aromatic heterocycles. The van der Waals surface area contributed by atoms with Crippen LogP contribution in [0.25, 0.3) is 0 Å². The number of carbonyl (C=O) groups is 2. The van der Waals surface area contributed by atoms with E-state index in [1.807, 2.05) is 18.7 Å². The molecular weight excluding hydrogens is 246 g/mol. The van der Waals surface area contributed by atoms with Gasteiger partial charge in [0, 0.05) is 26.2 Å². The molecule has 1 aliphatic heterocycles. The minimum absolute atomic E-state index is 0.00845. The molecule has 3 N–H and O–H groups in total. The van der Waals surface area contributed by atoms with Crippen LogP contribution in [0.5, 0.6) is 0 Å². The Morgan fingerprint density at radius 1 is 1.21 bits per heavy atom. The van der Waals surface area contributed by atoms with E-state index in [1.54, 1.807) is 4.90 Å². The van der Waals surface area contributed by atoms with Crippen LogP contribution in [0.15, 0.2) is 0 Å². The van der Waals surface area contributed by atoms with Gasteiger partial charge in [0.1, 0.15) is 0 Å². The first-order chi connectivity index (χ1) is 8.90. The molecule has 0 saturated carbocycles. The molecule has 1 saturated heterocycles. The summed E-state index contributed by atoms with van der Waals surface area (Å²) in [7, 11) is 0. The van der Waals surface area contributed by atoms with E-state index in [1.165, 1.54) is 0 Å². The smallest absolute Gasteiger partial charge is 0.317 e. The van der Waals surface area contributed by atoms with E-state index < -0.39 is 12.0 Å². The van der Waals surface area contributed by atoms with Crippen LogP contribution in [0, 0.1) is 5.92 Å². The molecule has 0 radical (unpaired) electrons. The summed E-state index contributed by atoms with van der Waals surface area (Å²) in [5.74, 6) is -0.434. The van der Waals surface area contributed by atoms with Gasteiger partial charge in [-0.1, -0.05) is 13.8 Å². The van der Waals surface area contributed by atoms with Crippen molar-refractivity contribution in [2.75, 3.05) is 32.7 Å². The van der Waals surface area contributed by atoms with Crippen molar-refractivity contribution >= 4 is 11.9 Å². The first kappa shape index (κ1) is 15.9. The molecule has 19 heavy (non-hydrogen) atoms. The summed E-state index contributed by atoms with van der Waals surface area (Å²) in [4.78, 5) is 26.5. The zero-order valence-corrected chi connectivity index (χ0v) is 11.8. The first-order valence-electron chi connectivity index (χ1n) is 6.88. The molecule has 1 atom stereocenters. The lowest BCUT2D eigenvalue weighted by Crippen LogP contribution is -2.46. The van der Waals surface area contributed by atoms with E-state index in [9.17, 15) is 9.59 Å². The van der Waals surface area contributed by atoms with Gasteiger partial charge in [0.2, 0.25) is 5.91 Å². The van der Waals surface area contributed by atoms with E-state index in [-0.39, 0.29) is 12.5 Å². The summed E-state index contributed by atoms with van der Waals surface area (Å²) >= 11 is 0. The Balaban J connectivity index is 2.47. The number of aliphatic carboxylic acids is 1. The quantitative estimate of drug-likeness (QED) is 0.734. The normalized spacial score (nSPS) is 19.3. The van der Waals surface area contributed by atoms with E-state index in [0.29, 0.717) is 32.0 Å². The second-order valence-corrected chi connectivity index (χ2v) is 5.58. The van der Waals surface area contributed by atoms with Gasteiger partial charge in [0.15, 0.2) is 0 Å². The van der Waals surface area contributed by atoms with Crippen molar-refractivity contribution in [2.24, 2.45) is 11.7 Å². The van der Waals surface area contributed by atoms with Gasteiger partial charge in [-0.2, -0.15) is 0 Å². The monoisotopic (exact) mass is 271 g/mol. The molecule has 0 aromatic rings. The summed E-state index contributed by atoms with van der Waals surface area (Å²) < 4.78 is 0. The fourth-order valence-electron chi connectivity index (χ4n) is 2.38. The second-order valence-electron chi connectivity index (χ2n) is 5.58. The number of carbonyl (C=O) groups excluding carboxylic acids is 1. The van der Waals surface area contributed by atoms with Crippen LogP contribution < -0.4 is 5.73 Å². The predicted octanol–water partition coefficient (Wildman–Crippen LogP) is -0.0213. The van der Waals surface area contributed by atoms with Gasteiger partial charge in [-0.25, -0.2) is 0 Å². The van der Waals surface area contributed by atoms with Gasteiger partial charge in [-0.15, -0.1) is 0 Å². The standard InChI is InChI=1S/C13H25N3O3/c1-10(2)8-11(14)13(19)16-5-3-4-15(6-7-16)9-12(17)18/h10-11H,3-9,14H2,1-2H3,(H,17,18)/t11-/m1/s1. The average Bonchev–Trinajstić information content (AvgIpc) is 2.52. The fraction of sp³-hybridized carbons (Fsp3) is 0.846. The topological polar surface area (TPSA) is 86.9 Å². The maximum absolute atomic E-state index is 12.2. The van der Waals surface area contributed by atoms with E-state index in [4.69, 9.17) is 10.8 Å². The summed E-state index contributed by atoms with van der Waals surface area (Å²) in [6.45, 7) is 6.69. The van der Waals surface area contributed by atoms with Crippen molar-refractivity contribution in [3.8, 4) is 0 Å². The van der Waals surface area contributed by atoms with E-state index >= 15 is 0 Å². The van der Waals surface area contributed by atoms with Crippen LogP contribution in [0.1, 0.15) is 26.7 Å². The van der Waals surface area contributed by atoms with Crippen LogP contribution >= 0.6 is 0 Å². The van der Waals surface area contributed by atoms with E-state index in [2.05, 4.69) is 0 Å². The number of amides is 1. The molecule has 0 aliphatic carbocycles. The van der Waals surface area contributed by atoms with Crippen molar-refractivity contribution in [1.82, 2.24) is 9.80 Å². The third-order valence-electron chi connectivity index (χ3n) is 3.30. The highest BCUT2D eigenvalue weighted by Crippen LogP contribution is 2.09. The molecule has 1 fully saturated rings. The first-order valence-corrected chi connectivity index (χ1v) is 6.88. The van der Waals surface area contributed by atoms with Crippen LogP contribution in [0.2, 0.25) is 0 Å². The average molecular weight is 271 g/mol. The molecule has 110 valence electrons. The maximum atomic E-state index is 12.2. The van der Waals surface area contributed by atoms with Crippen LogP contribution in [-0.4, -0.2) is 65.5 Å². The van der Waals surface area contributed by atoms with Crippen LogP contribution in [0.3, 0.4) is 0 Å². The minimum Gasteiger partial charge on any atom is -0.480 e.